The summed E-state index contributed by atoms with van der Waals surface area (Å²) < 4.78 is 80.5. The van der Waals surface area contributed by atoms with Crippen LogP contribution in [0.25, 0.3) is 0 Å². The number of hydrogen-bond donors (Lipinski definition) is 10. The van der Waals surface area contributed by atoms with E-state index in [9.17, 15) is 77.4 Å². The number of aromatic amines is 2. The van der Waals surface area contributed by atoms with E-state index in [2.05, 4.69) is 22.0 Å². The molecular formula is C18H26N4O23P4. The van der Waals surface area contributed by atoms with Crippen molar-refractivity contribution < 1.29 is 89.7 Å². The molecule has 10 N–H and O–H groups in total. The highest BCUT2D eigenvalue weighted by atomic mass is 31.3. The Morgan fingerprint density at radius 3 is 1.24 bits per heavy atom. The fourth-order valence-electron chi connectivity index (χ4n) is 4.25. The molecule has 2 fully saturated rings. The Labute approximate surface area is 268 Å². The third-order valence-electron chi connectivity index (χ3n) is 6.35. The number of aliphatic hydroxyl groups is 4. The van der Waals surface area contributed by atoms with Crippen LogP contribution in [-0.4, -0.2) is 109 Å². The number of H-pyrrole nitrogens is 2. The molecule has 2 aromatic rings. The predicted molar refractivity (Wildman–Crippen MR) is 149 cm³/mol. The van der Waals surface area contributed by atoms with Crippen LogP contribution in [0.1, 0.15) is 12.5 Å². The van der Waals surface area contributed by atoms with E-state index in [-0.39, 0.29) is 0 Å². The maximum absolute atomic E-state index is 12.2. The first-order valence-electron chi connectivity index (χ1n) is 12.9. The molecule has 2 saturated heterocycles. The van der Waals surface area contributed by atoms with E-state index < -0.39 is 116 Å². The van der Waals surface area contributed by atoms with E-state index in [0.717, 1.165) is 24.5 Å². The normalized spacial score (nSPS) is 32.2. The lowest BCUT2D eigenvalue weighted by Gasteiger charge is -2.21. The average Bonchev–Trinajstić information content (AvgIpc) is 3.38. The van der Waals surface area contributed by atoms with Crippen LogP contribution in [0.5, 0.6) is 0 Å². The van der Waals surface area contributed by atoms with Gasteiger partial charge in [-0.25, -0.2) is 27.8 Å². The van der Waals surface area contributed by atoms with Crippen LogP contribution in [0, 0.1) is 0 Å². The fraction of sp³-hybridized carbons (Fsp3) is 0.556. The van der Waals surface area contributed by atoms with Gasteiger partial charge in [-0.1, -0.05) is 0 Å². The number of aromatic nitrogens is 4. The molecule has 2 aromatic heterocycles. The molecule has 0 bridgehead atoms. The molecule has 31 heteroatoms. The molecule has 4 rings (SSSR count). The molecular weight excluding hydrogens is 764 g/mol. The minimum absolute atomic E-state index is 0.642. The summed E-state index contributed by atoms with van der Waals surface area (Å²) in [5, 5.41) is 40.7. The van der Waals surface area contributed by atoms with Crippen molar-refractivity contribution in [1.82, 2.24) is 19.1 Å². The van der Waals surface area contributed by atoms with E-state index in [0.29, 0.717) is 9.13 Å². The van der Waals surface area contributed by atoms with Crippen molar-refractivity contribution in [1.29, 1.82) is 0 Å². The highest BCUT2D eigenvalue weighted by molar-refractivity contribution is 7.69. The average molecular weight is 790 g/mol. The zero-order valence-corrected chi connectivity index (χ0v) is 27.3. The van der Waals surface area contributed by atoms with Gasteiger partial charge in [0, 0.05) is 24.5 Å². The SMILES string of the molecule is O=c1ccn([C@@H]2O[C@H](COP(=O)(O)OP(=O)(O)OP(=O)(O)OP(=O)(O)OC[C@H]3O[C@@H](n4ccc(=O)[nH]c4=O)C(O)[C@H]3O)[C@H](O)C2O)c(=O)[nH]1. The highest BCUT2D eigenvalue weighted by Crippen LogP contribution is 2.71. The van der Waals surface area contributed by atoms with Gasteiger partial charge < -0.3 is 49.5 Å². The summed E-state index contributed by atoms with van der Waals surface area (Å²) in [6, 6.07) is 1.73. The smallest absolute Gasteiger partial charge is 0.387 e. The van der Waals surface area contributed by atoms with Gasteiger partial charge in [-0.2, -0.15) is 12.9 Å². The molecule has 0 radical (unpaired) electrons. The first kappa shape index (κ1) is 39.5. The van der Waals surface area contributed by atoms with Gasteiger partial charge in [-0.3, -0.25) is 37.7 Å². The lowest BCUT2D eigenvalue weighted by molar-refractivity contribution is -0.0544. The first-order valence-corrected chi connectivity index (χ1v) is 18.9. The van der Waals surface area contributed by atoms with Crippen LogP contribution in [0.3, 0.4) is 0 Å². The van der Waals surface area contributed by atoms with Crippen molar-refractivity contribution in [2.75, 3.05) is 13.2 Å². The van der Waals surface area contributed by atoms with Gasteiger partial charge in [0.1, 0.15) is 36.6 Å². The molecule has 6 unspecified atom stereocenters. The lowest BCUT2D eigenvalue weighted by Crippen LogP contribution is -2.37. The van der Waals surface area contributed by atoms with Gasteiger partial charge >= 0.3 is 42.7 Å². The molecule has 2 aliphatic rings. The van der Waals surface area contributed by atoms with E-state index >= 15 is 0 Å². The van der Waals surface area contributed by atoms with Crippen molar-refractivity contribution in [2.45, 2.75) is 49.1 Å². The second kappa shape index (κ2) is 14.7. The van der Waals surface area contributed by atoms with Crippen molar-refractivity contribution in [3.63, 3.8) is 0 Å². The Bertz CT molecular complexity index is 1820. The molecule has 0 saturated carbocycles. The van der Waals surface area contributed by atoms with E-state index in [1.807, 2.05) is 9.97 Å². The monoisotopic (exact) mass is 790 g/mol. The summed E-state index contributed by atoms with van der Waals surface area (Å²) in [5.41, 5.74) is -3.78. The third kappa shape index (κ3) is 9.93. The summed E-state index contributed by atoms with van der Waals surface area (Å²) in [5.74, 6) is 0. The Morgan fingerprint density at radius 1 is 0.592 bits per heavy atom. The van der Waals surface area contributed by atoms with Crippen LogP contribution < -0.4 is 22.5 Å². The van der Waals surface area contributed by atoms with Crippen LogP contribution >= 0.6 is 31.3 Å². The van der Waals surface area contributed by atoms with E-state index in [4.69, 9.17) is 9.47 Å². The molecule has 4 heterocycles. The Morgan fingerprint density at radius 2 is 0.918 bits per heavy atom. The van der Waals surface area contributed by atoms with Crippen molar-refractivity contribution in [3.05, 3.63) is 66.2 Å². The van der Waals surface area contributed by atoms with Gasteiger partial charge in [0.15, 0.2) is 12.5 Å². The Kier molecular flexibility index (Phi) is 11.9. The number of rotatable bonds is 14. The summed E-state index contributed by atoms with van der Waals surface area (Å²) in [7, 11) is -24.1. The number of nitrogens with one attached hydrogen (secondary N) is 2. The van der Waals surface area contributed by atoms with Crippen LogP contribution in [0.15, 0.2) is 43.7 Å². The quantitative estimate of drug-likeness (QED) is 0.0811. The Hall–Kier alpha value is -2.32. The number of phosphoric acid groups is 4. The molecule has 276 valence electrons. The maximum atomic E-state index is 12.2. The largest absolute Gasteiger partial charge is 0.490 e. The number of nitrogens with zero attached hydrogens (tertiary/aromatic N) is 2. The van der Waals surface area contributed by atoms with Crippen LogP contribution in [0.2, 0.25) is 0 Å². The molecule has 0 spiro atoms. The van der Waals surface area contributed by atoms with Gasteiger partial charge in [-0.15, -0.1) is 0 Å². The van der Waals surface area contributed by atoms with Crippen molar-refractivity contribution >= 4 is 31.3 Å². The predicted octanol–water partition coefficient (Wildman–Crippen LogP) is -4.19. The molecule has 27 nitrogen and oxygen atoms in total. The number of hydrogen-bond acceptors (Lipinski definition) is 19. The standard InChI is InChI=1S/C18H26N4O23P4/c23-9-1-3-21(17(29)19-9)15-13(27)11(25)7(41-15)5-39-46(31,32)43-48(35,36)45-49(37,38)44-47(33,34)40-6-8-12(26)14(28)16(42-8)22-4-2-10(24)20-18(22)30/h1-4,7-8,11-16,25-28H,5-6H2,(H,31,32)(H,33,34)(H,35,36)(H,37,38)(H,19,23,29)(H,20,24,30)/t7-,8-,11+,12+,13?,14?,15-,16-/m1/s1. The summed E-state index contributed by atoms with van der Waals surface area (Å²) in [6.07, 6.45) is -12.6. The maximum Gasteiger partial charge on any atom is 0.490 e. The van der Waals surface area contributed by atoms with Gasteiger partial charge in [-0.05, 0) is 0 Å². The summed E-state index contributed by atoms with van der Waals surface area (Å²) >= 11 is 0. The topological polar surface area (TPSA) is 404 Å². The second-order valence-electron chi connectivity index (χ2n) is 9.84. The molecule has 0 aliphatic carbocycles. The number of phosphoric ester groups is 2. The minimum Gasteiger partial charge on any atom is -0.387 e. The first-order chi connectivity index (χ1) is 22.5. The lowest BCUT2D eigenvalue weighted by atomic mass is 10.1. The van der Waals surface area contributed by atoms with Gasteiger partial charge in [0.2, 0.25) is 0 Å². The number of aliphatic hydroxyl groups excluding tert-OH is 4. The van der Waals surface area contributed by atoms with Crippen molar-refractivity contribution in [2.24, 2.45) is 0 Å². The second-order valence-corrected chi connectivity index (χ2v) is 16.1. The van der Waals surface area contributed by atoms with Crippen molar-refractivity contribution in [3.8, 4) is 0 Å². The number of ether oxygens (including phenoxy) is 2. The fourth-order valence-corrected chi connectivity index (χ4v) is 9.20. The minimum atomic E-state index is -6.24. The molecule has 2 aliphatic heterocycles. The van der Waals surface area contributed by atoms with Gasteiger partial charge in [0.05, 0.1) is 13.2 Å². The molecule has 49 heavy (non-hydrogen) atoms. The van der Waals surface area contributed by atoms with Crippen LogP contribution in [-0.2, 0) is 49.7 Å². The summed E-state index contributed by atoms with van der Waals surface area (Å²) in [4.78, 5) is 89.1. The van der Waals surface area contributed by atoms with Gasteiger partial charge in [0.25, 0.3) is 11.1 Å². The van der Waals surface area contributed by atoms with Crippen LogP contribution in [0.4, 0.5) is 0 Å². The summed E-state index contributed by atoms with van der Waals surface area (Å²) in [6.45, 7) is -2.43. The van der Waals surface area contributed by atoms with E-state index in [1.54, 1.807) is 0 Å². The zero-order chi connectivity index (χ0) is 36.7. The Balaban J connectivity index is 1.31. The molecule has 0 aromatic carbocycles. The highest BCUT2D eigenvalue weighted by Gasteiger charge is 2.49. The third-order valence-corrected chi connectivity index (χ3v) is 12.3. The molecule has 0 amide bonds. The molecule has 12 atom stereocenters. The van der Waals surface area contributed by atoms with E-state index in [1.165, 1.54) is 0 Å². The zero-order valence-electron chi connectivity index (χ0n) is 23.7.